The first kappa shape index (κ1) is 13.4. The van der Waals surface area contributed by atoms with Crippen LogP contribution in [0.2, 0.25) is 0 Å². The second-order valence-corrected chi connectivity index (χ2v) is 4.31. The fraction of sp³-hybridized carbons (Fsp3) is 0.500. The zero-order valence-electron chi connectivity index (χ0n) is 8.68. The molecule has 0 amide bonds. The molecule has 0 saturated carbocycles. The van der Waals surface area contributed by atoms with Crippen LogP contribution in [0.4, 0.5) is 13.2 Å². The first-order chi connectivity index (χ1) is 7.42. The fourth-order valence-electron chi connectivity index (χ4n) is 1.34. The Labute approximate surface area is 100 Å². The van der Waals surface area contributed by atoms with Crippen LogP contribution in [0.3, 0.4) is 0 Å². The van der Waals surface area contributed by atoms with E-state index in [-0.39, 0.29) is 12.5 Å². The van der Waals surface area contributed by atoms with Gasteiger partial charge in [-0.15, -0.1) is 0 Å². The number of rotatable bonds is 4. The monoisotopic (exact) mass is 296 g/mol. The highest BCUT2D eigenvalue weighted by Crippen LogP contribution is 2.26. The highest BCUT2D eigenvalue weighted by atomic mass is 79.9. The number of hydrogen-bond donors (Lipinski definition) is 1. The highest BCUT2D eigenvalue weighted by molar-refractivity contribution is 9.10. The highest BCUT2D eigenvalue weighted by Gasteiger charge is 2.28. The standard InChI is InChI=1S/C10H12BrF3N2/c1-15-8(4-5-10(12,13)14)9-3-2-7(11)6-16-9/h2-3,6,8,15H,4-5H2,1H3. The summed E-state index contributed by atoms with van der Waals surface area (Å²) in [6.45, 7) is 0. The van der Waals surface area contributed by atoms with Crippen molar-refractivity contribution in [1.82, 2.24) is 10.3 Å². The molecular formula is C10H12BrF3N2. The number of hydrogen-bond acceptors (Lipinski definition) is 2. The molecule has 90 valence electrons. The molecule has 0 aliphatic heterocycles. The lowest BCUT2D eigenvalue weighted by atomic mass is 10.1. The minimum Gasteiger partial charge on any atom is -0.312 e. The van der Waals surface area contributed by atoms with E-state index < -0.39 is 12.6 Å². The lowest BCUT2D eigenvalue weighted by Gasteiger charge is -2.16. The lowest BCUT2D eigenvalue weighted by Crippen LogP contribution is -2.20. The summed E-state index contributed by atoms with van der Waals surface area (Å²) in [5.41, 5.74) is 0.620. The predicted molar refractivity (Wildman–Crippen MR) is 59.0 cm³/mol. The molecule has 1 aromatic rings. The Kier molecular flexibility index (Phi) is 4.73. The number of aromatic nitrogens is 1. The van der Waals surface area contributed by atoms with Gasteiger partial charge in [0.2, 0.25) is 0 Å². The van der Waals surface area contributed by atoms with Crippen LogP contribution in [0.25, 0.3) is 0 Å². The molecule has 0 aliphatic rings. The van der Waals surface area contributed by atoms with Crippen LogP contribution in [-0.2, 0) is 0 Å². The normalized spacial score (nSPS) is 13.8. The van der Waals surface area contributed by atoms with E-state index in [4.69, 9.17) is 0 Å². The second-order valence-electron chi connectivity index (χ2n) is 3.40. The average molecular weight is 297 g/mol. The lowest BCUT2D eigenvalue weighted by molar-refractivity contribution is -0.136. The third-order valence-corrected chi connectivity index (χ3v) is 2.64. The molecule has 6 heteroatoms. The number of nitrogens with zero attached hydrogens (tertiary/aromatic N) is 1. The number of halogens is 4. The number of alkyl halides is 3. The van der Waals surface area contributed by atoms with Crippen molar-refractivity contribution in [3.8, 4) is 0 Å². The molecule has 0 fully saturated rings. The molecule has 0 saturated heterocycles. The minimum absolute atomic E-state index is 0.00533. The molecule has 1 rings (SSSR count). The molecule has 0 spiro atoms. The number of nitrogens with one attached hydrogen (secondary N) is 1. The molecule has 0 aromatic carbocycles. The largest absolute Gasteiger partial charge is 0.389 e. The zero-order chi connectivity index (χ0) is 12.2. The van der Waals surface area contributed by atoms with Crippen molar-refractivity contribution in [2.24, 2.45) is 0 Å². The summed E-state index contributed by atoms with van der Waals surface area (Å²) in [6.07, 6.45) is -3.36. The topological polar surface area (TPSA) is 24.9 Å². The van der Waals surface area contributed by atoms with Gasteiger partial charge < -0.3 is 5.32 Å². The van der Waals surface area contributed by atoms with Gasteiger partial charge in [-0.25, -0.2) is 0 Å². The summed E-state index contributed by atoms with van der Waals surface area (Å²) < 4.78 is 37.0. The molecule has 1 aromatic heterocycles. The zero-order valence-corrected chi connectivity index (χ0v) is 10.3. The van der Waals surface area contributed by atoms with Crippen LogP contribution < -0.4 is 5.32 Å². The van der Waals surface area contributed by atoms with Gasteiger partial charge in [0.1, 0.15) is 0 Å². The van der Waals surface area contributed by atoms with Gasteiger partial charge in [-0.05, 0) is 41.5 Å². The fourth-order valence-corrected chi connectivity index (χ4v) is 1.58. The minimum atomic E-state index is -4.12. The maximum atomic E-state index is 12.1. The van der Waals surface area contributed by atoms with Gasteiger partial charge in [-0.1, -0.05) is 0 Å². The summed E-state index contributed by atoms with van der Waals surface area (Å²) in [6, 6.07) is 3.11. The molecule has 1 heterocycles. The quantitative estimate of drug-likeness (QED) is 0.920. The van der Waals surface area contributed by atoms with Crippen molar-refractivity contribution in [3.63, 3.8) is 0 Å². The first-order valence-electron chi connectivity index (χ1n) is 4.78. The maximum Gasteiger partial charge on any atom is 0.389 e. The van der Waals surface area contributed by atoms with E-state index in [9.17, 15) is 13.2 Å². The number of pyridine rings is 1. The smallest absolute Gasteiger partial charge is 0.312 e. The van der Waals surface area contributed by atoms with Gasteiger partial charge >= 0.3 is 6.18 Å². The van der Waals surface area contributed by atoms with Gasteiger partial charge in [-0.3, -0.25) is 4.98 Å². The Hall–Kier alpha value is -0.620. The van der Waals surface area contributed by atoms with Gasteiger partial charge in [-0.2, -0.15) is 13.2 Å². The third-order valence-electron chi connectivity index (χ3n) is 2.17. The summed E-state index contributed by atoms with van der Waals surface area (Å²) in [7, 11) is 1.63. The van der Waals surface area contributed by atoms with E-state index in [1.807, 2.05) is 0 Å². The van der Waals surface area contributed by atoms with E-state index >= 15 is 0 Å². The van der Waals surface area contributed by atoms with Crippen molar-refractivity contribution in [2.75, 3.05) is 7.05 Å². The van der Waals surface area contributed by atoms with Crippen molar-refractivity contribution in [1.29, 1.82) is 0 Å². The van der Waals surface area contributed by atoms with E-state index in [0.717, 1.165) is 4.47 Å². The summed E-state index contributed by atoms with van der Waals surface area (Å²) >= 11 is 3.22. The van der Waals surface area contributed by atoms with Crippen LogP contribution >= 0.6 is 15.9 Å². The van der Waals surface area contributed by atoms with Crippen molar-refractivity contribution in [3.05, 3.63) is 28.5 Å². The molecular weight excluding hydrogens is 285 g/mol. The molecule has 0 radical (unpaired) electrons. The maximum absolute atomic E-state index is 12.1. The van der Waals surface area contributed by atoms with Crippen LogP contribution in [0.5, 0.6) is 0 Å². The molecule has 0 bridgehead atoms. The molecule has 2 nitrogen and oxygen atoms in total. The molecule has 0 aliphatic carbocycles. The predicted octanol–water partition coefficient (Wildman–Crippen LogP) is 3.45. The van der Waals surface area contributed by atoms with Gasteiger partial charge in [0.05, 0.1) is 5.69 Å². The SMILES string of the molecule is CNC(CCC(F)(F)F)c1ccc(Br)cn1. The second kappa shape index (κ2) is 5.63. The molecule has 16 heavy (non-hydrogen) atoms. The molecule has 1 unspecified atom stereocenters. The van der Waals surface area contributed by atoms with Crippen LogP contribution in [0, 0.1) is 0 Å². The Morgan fingerprint density at radius 1 is 1.44 bits per heavy atom. The summed E-state index contributed by atoms with van der Waals surface area (Å²) in [5, 5.41) is 2.83. The summed E-state index contributed by atoms with van der Waals surface area (Å²) in [5.74, 6) is 0. The van der Waals surface area contributed by atoms with Gasteiger partial charge in [0, 0.05) is 23.1 Å². The van der Waals surface area contributed by atoms with E-state index in [1.54, 1.807) is 25.4 Å². The van der Waals surface area contributed by atoms with E-state index in [2.05, 4.69) is 26.2 Å². The third kappa shape index (κ3) is 4.49. The van der Waals surface area contributed by atoms with E-state index in [1.165, 1.54) is 0 Å². The van der Waals surface area contributed by atoms with Crippen molar-refractivity contribution in [2.45, 2.75) is 25.1 Å². The van der Waals surface area contributed by atoms with Crippen LogP contribution in [0.15, 0.2) is 22.8 Å². The van der Waals surface area contributed by atoms with Crippen LogP contribution in [0.1, 0.15) is 24.6 Å². The van der Waals surface area contributed by atoms with Gasteiger partial charge in [0.15, 0.2) is 0 Å². The average Bonchev–Trinajstić information content (AvgIpc) is 2.20. The van der Waals surface area contributed by atoms with Gasteiger partial charge in [0.25, 0.3) is 0 Å². The van der Waals surface area contributed by atoms with Crippen molar-refractivity contribution < 1.29 is 13.2 Å². The Morgan fingerprint density at radius 3 is 2.56 bits per heavy atom. The molecule has 1 atom stereocenters. The van der Waals surface area contributed by atoms with Crippen LogP contribution in [-0.4, -0.2) is 18.2 Å². The summed E-state index contributed by atoms with van der Waals surface area (Å²) in [4.78, 5) is 4.07. The first-order valence-corrected chi connectivity index (χ1v) is 5.57. The molecule has 1 N–H and O–H groups in total. The van der Waals surface area contributed by atoms with Crippen molar-refractivity contribution >= 4 is 15.9 Å². The Morgan fingerprint density at radius 2 is 2.12 bits per heavy atom. The van der Waals surface area contributed by atoms with E-state index in [0.29, 0.717) is 5.69 Å². The Balaban J connectivity index is 2.64. The Bertz CT molecular complexity index is 324.